The van der Waals surface area contributed by atoms with Crippen molar-refractivity contribution in [3.63, 3.8) is 0 Å². The van der Waals surface area contributed by atoms with Gasteiger partial charge in [0.25, 0.3) is 0 Å². The maximum atomic E-state index is 12.8. The van der Waals surface area contributed by atoms with E-state index in [1.54, 1.807) is 43.3 Å². The summed E-state index contributed by atoms with van der Waals surface area (Å²) in [6.45, 7) is 1.67. The molecule has 2 N–H and O–H groups in total. The lowest BCUT2D eigenvalue weighted by atomic mass is 10.0. The molecule has 25 heavy (non-hydrogen) atoms. The van der Waals surface area contributed by atoms with Gasteiger partial charge in [-0.25, -0.2) is 9.89 Å². The molecule has 1 aromatic heterocycles. The highest BCUT2D eigenvalue weighted by molar-refractivity contribution is 6.51. The predicted molar refractivity (Wildman–Crippen MR) is 94.8 cm³/mol. The third-order valence-electron chi connectivity index (χ3n) is 3.45. The van der Waals surface area contributed by atoms with Crippen molar-refractivity contribution in [1.29, 1.82) is 0 Å². The molecule has 0 amide bonds. The van der Waals surface area contributed by atoms with Gasteiger partial charge < -0.3 is 0 Å². The number of aromatic nitrogens is 3. The van der Waals surface area contributed by atoms with E-state index in [1.165, 1.54) is 0 Å². The maximum absolute atomic E-state index is 12.8. The Morgan fingerprint density at radius 3 is 2.24 bits per heavy atom. The second-order valence-electron chi connectivity index (χ2n) is 5.21. The number of carbonyl (C=O) groups excluding carboxylic acids is 1. The minimum Gasteiger partial charge on any atom is -0.287 e. The third-order valence-corrected chi connectivity index (χ3v) is 3.45. The number of hydrogen-bond acceptors (Lipinski definition) is 6. The minimum atomic E-state index is -0.598. The van der Waals surface area contributed by atoms with Crippen LogP contribution < -0.4 is 11.1 Å². The highest BCUT2D eigenvalue weighted by atomic mass is 16.1. The molecule has 0 spiro atoms. The maximum Gasteiger partial charge on any atom is 0.363 e. The van der Waals surface area contributed by atoms with Crippen molar-refractivity contribution in [3.05, 3.63) is 88.0 Å². The standard InChI is InChI=1S/C18H15N5O2/c1-12-17(19-18(25)23-20-12)22-21-15(13-8-4-2-5-9-13)16(24)14-10-6-3-7-11-14/h2-11H,1H3,(H2,19,22,23,25)/b21-15-. The number of Topliss-reactive ketones (excluding diaryl/α,β-unsaturated/α-hetero) is 1. The molecule has 0 bridgehead atoms. The van der Waals surface area contributed by atoms with E-state index < -0.39 is 5.69 Å². The van der Waals surface area contributed by atoms with E-state index in [1.807, 2.05) is 24.3 Å². The van der Waals surface area contributed by atoms with E-state index >= 15 is 0 Å². The van der Waals surface area contributed by atoms with E-state index in [9.17, 15) is 9.59 Å². The van der Waals surface area contributed by atoms with Crippen LogP contribution in [0, 0.1) is 6.92 Å². The van der Waals surface area contributed by atoms with Crippen LogP contribution in [0.1, 0.15) is 21.6 Å². The second-order valence-corrected chi connectivity index (χ2v) is 5.21. The summed E-state index contributed by atoms with van der Waals surface area (Å²) in [6.07, 6.45) is 0. The van der Waals surface area contributed by atoms with Gasteiger partial charge >= 0.3 is 5.69 Å². The molecule has 0 aliphatic carbocycles. The van der Waals surface area contributed by atoms with Crippen molar-refractivity contribution in [1.82, 2.24) is 15.2 Å². The molecular formula is C18H15N5O2. The fourth-order valence-corrected chi connectivity index (χ4v) is 2.18. The Balaban J connectivity index is 2.01. The number of hydrogen-bond donors (Lipinski definition) is 2. The number of nitrogens with zero attached hydrogens (tertiary/aromatic N) is 3. The number of H-pyrrole nitrogens is 1. The number of anilines is 1. The van der Waals surface area contributed by atoms with Crippen LogP contribution in [0.2, 0.25) is 0 Å². The van der Waals surface area contributed by atoms with Crippen molar-refractivity contribution < 1.29 is 4.79 Å². The van der Waals surface area contributed by atoms with Crippen LogP contribution in [0.15, 0.2) is 70.6 Å². The number of hydrazone groups is 1. The van der Waals surface area contributed by atoms with Crippen molar-refractivity contribution >= 4 is 17.3 Å². The van der Waals surface area contributed by atoms with Crippen LogP contribution >= 0.6 is 0 Å². The Hall–Kier alpha value is -3.61. The molecule has 0 unspecified atom stereocenters. The molecule has 0 saturated carbocycles. The zero-order chi connectivity index (χ0) is 17.6. The van der Waals surface area contributed by atoms with E-state index in [0.29, 0.717) is 16.8 Å². The van der Waals surface area contributed by atoms with Gasteiger partial charge in [0.1, 0.15) is 11.4 Å². The van der Waals surface area contributed by atoms with E-state index in [0.717, 1.165) is 0 Å². The summed E-state index contributed by atoms with van der Waals surface area (Å²) in [4.78, 5) is 27.9. The number of ketones is 1. The summed E-state index contributed by atoms with van der Waals surface area (Å²) in [5, 5.41) is 10.3. The van der Waals surface area contributed by atoms with Crippen LogP contribution in [0.3, 0.4) is 0 Å². The molecule has 0 saturated heterocycles. The zero-order valence-corrected chi connectivity index (χ0v) is 13.4. The van der Waals surface area contributed by atoms with Crippen molar-refractivity contribution in [2.45, 2.75) is 6.92 Å². The SMILES string of the molecule is Cc1n[nH]c(=O)nc1N/N=C(\C(=O)c1ccccc1)c1ccccc1. The number of aryl methyl sites for hydroxylation is 1. The predicted octanol–water partition coefficient (Wildman–Crippen LogP) is 2.17. The van der Waals surface area contributed by atoms with Gasteiger partial charge in [-0.05, 0) is 6.92 Å². The Bertz CT molecular complexity index is 966. The normalized spacial score (nSPS) is 11.2. The number of benzene rings is 2. The third kappa shape index (κ3) is 3.84. The molecule has 7 nitrogen and oxygen atoms in total. The molecule has 2 aromatic carbocycles. The quantitative estimate of drug-likeness (QED) is 0.423. The largest absolute Gasteiger partial charge is 0.363 e. The topological polar surface area (TPSA) is 100 Å². The second kappa shape index (κ2) is 7.31. The fourth-order valence-electron chi connectivity index (χ4n) is 2.18. The molecule has 0 fully saturated rings. The molecule has 1 heterocycles. The van der Waals surface area contributed by atoms with Crippen LogP contribution in [0.4, 0.5) is 5.82 Å². The number of rotatable bonds is 5. The summed E-state index contributed by atoms with van der Waals surface area (Å²) in [6, 6.07) is 17.9. The van der Waals surface area contributed by atoms with Gasteiger partial charge in [0, 0.05) is 11.1 Å². The average Bonchev–Trinajstić information content (AvgIpc) is 2.66. The van der Waals surface area contributed by atoms with Gasteiger partial charge in [0.2, 0.25) is 5.78 Å². The first kappa shape index (κ1) is 16.3. The Morgan fingerprint density at radius 2 is 1.60 bits per heavy atom. The molecular weight excluding hydrogens is 318 g/mol. The summed E-state index contributed by atoms with van der Waals surface area (Å²) in [5.41, 5.74) is 3.92. The Labute approximate surface area is 143 Å². The Morgan fingerprint density at radius 1 is 1.00 bits per heavy atom. The number of aromatic amines is 1. The van der Waals surface area contributed by atoms with Crippen LogP contribution in [0.5, 0.6) is 0 Å². The monoisotopic (exact) mass is 333 g/mol. The summed E-state index contributed by atoms with van der Waals surface area (Å²) < 4.78 is 0. The van der Waals surface area contributed by atoms with Gasteiger partial charge in [0.05, 0.1) is 0 Å². The first-order valence-electron chi connectivity index (χ1n) is 7.57. The summed E-state index contributed by atoms with van der Waals surface area (Å²) in [5.74, 6) is -0.0483. The van der Waals surface area contributed by atoms with Crippen LogP contribution in [-0.4, -0.2) is 26.7 Å². The van der Waals surface area contributed by atoms with Gasteiger partial charge in [-0.2, -0.15) is 15.2 Å². The Kier molecular flexibility index (Phi) is 4.75. The first-order chi connectivity index (χ1) is 12.1. The molecule has 0 atom stereocenters. The molecule has 3 rings (SSSR count). The highest BCUT2D eigenvalue weighted by Crippen LogP contribution is 2.11. The number of carbonyl (C=O) groups is 1. The first-order valence-corrected chi connectivity index (χ1v) is 7.57. The number of nitrogens with one attached hydrogen (secondary N) is 2. The van der Waals surface area contributed by atoms with Gasteiger partial charge in [0.15, 0.2) is 5.82 Å². The molecule has 0 aliphatic rings. The molecule has 0 radical (unpaired) electrons. The summed E-state index contributed by atoms with van der Waals surface area (Å²) in [7, 11) is 0. The van der Waals surface area contributed by atoms with Gasteiger partial charge in [-0.3, -0.25) is 10.2 Å². The smallest absolute Gasteiger partial charge is 0.287 e. The van der Waals surface area contributed by atoms with E-state index in [4.69, 9.17) is 0 Å². The molecule has 124 valence electrons. The summed E-state index contributed by atoms with van der Waals surface area (Å²) >= 11 is 0. The fraction of sp³-hybridized carbons (Fsp3) is 0.0556. The van der Waals surface area contributed by atoms with E-state index in [-0.39, 0.29) is 17.3 Å². The lowest BCUT2D eigenvalue weighted by Crippen LogP contribution is -2.20. The van der Waals surface area contributed by atoms with Gasteiger partial charge in [-0.15, -0.1) is 0 Å². The van der Waals surface area contributed by atoms with E-state index in [2.05, 4.69) is 25.7 Å². The van der Waals surface area contributed by atoms with Crippen LogP contribution in [0.25, 0.3) is 0 Å². The minimum absolute atomic E-state index is 0.193. The molecule has 0 aliphatic heterocycles. The zero-order valence-electron chi connectivity index (χ0n) is 13.4. The average molecular weight is 333 g/mol. The van der Waals surface area contributed by atoms with Crippen LogP contribution in [-0.2, 0) is 0 Å². The van der Waals surface area contributed by atoms with Crippen molar-refractivity contribution in [2.75, 3.05) is 5.43 Å². The van der Waals surface area contributed by atoms with Gasteiger partial charge in [-0.1, -0.05) is 60.7 Å². The van der Waals surface area contributed by atoms with Crippen molar-refractivity contribution in [2.24, 2.45) is 5.10 Å². The lowest BCUT2D eigenvalue weighted by Gasteiger charge is -2.08. The lowest BCUT2D eigenvalue weighted by molar-refractivity contribution is 0.106. The molecule has 7 heteroatoms. The van der Waals surface area contributed by atoms with Crippen molar-refractivity contribution in [3.8, 4) is 0 Å². The molecule has 3 aromatic rings. The highest BCUT2D eigenvalue weighted by Gasteiger charge is 2.16.